The van der Waals surface area contributed by atoms with Crippen LogP contribution in [0.3, 0.4) is 0 Å². The van der Waals surface area contributed by atoms with Gasteiger partial charge in [-0.05, 0) is 13.8 Å². The molecule has 1 amide bonds. The van der Waals surface area contributed by atoms with Crippen LogP contribution in [-0.4, -0.2) is 53.6 Å². The fourth-order valence-corrected chi connectivity index (χ4v) is 3.63. The van der Waals surface area contributed by atoms with Gasteiger partial charge in [-0.15, -0.1) is 0 Å². The van der Waals surface area contributed by atoms with E-state index in [9.17, 15) is 4.79 Å². The highest BCUT2D eigenvalue weighted by molar-refractivity contribution is 5.76. The Morgan fingerprint density at radius 1 is 1.31 bits per heavy atom. The number of rotatable bonds is 2. The van der Waals surface area contributed by atoms with Gasteiger partial charge in [0.15, 0.2) is 0 Å². The highest BCUT2D eigenvalue weighted by atomic mass is 16.2. The minimum atomic E-state index is 0.340. The third-order valence-corrected chi connectivity index (χ3v) is 5.04. The molecule has 2 saturated heterocycles. The molecule has 2 aliphatic heterocycles. The Labute approximate surface area is 99.0 Å². The van der Waals surface area contributed by atoms with E-state index < -0.39 is 0 Å². The number of likely N-dealkylation sites (N-methyl/N-ethyl adjacent to an activating group) is 1. The highest BCUT2D eigenvalue weighted by Gasteiger charge is 2.53. The molecule has 3 heteroatoms. The maximum Gasteiger partial charge on any atom is 0.222 e. The van der Waals surface area contributed by atoms with Crippen molar-refractivity contribution in [3.8, 4) is 0 Å². The van der Waals surface area contributed by atoms with E-state index in [1.807, 2.05) is 6.92 Å². The lowest BCUT2D eigenvalue weighted by Gasteiger charge is -2.50. The predicted octanol–water partition coefficient (Wildman–Crippen LogP) is 1.62. The Bertz CT molecular complexity index is 274. The number of hydrogen-bond donors (Lipinski definition) is 0. The van der Waals surface area contributed by atoms with Crippen LogP contribution in [0.4, 0.5) is 0 Å². The number of quaternary nitrogens is 1. The van der Waals surface area contributed by atoms with E-state index >= 15 is 0 Å². The van der Waals surface area contributed by atoms with Crippen LogP contribution in [0.5, 0.6) is 0 Å². The molecular formula is C13H25N2O+. The predicted molar refractivity (Wildman–Crippen MR) is 65.0 cm³/mol. The van der Waals surface area contributed by atoms with Crippen molar-refractivity contribution in [1.82, 2.24) is 4.90 Å². The zero-order valence-electron chi connectivity index (χ0n) is 11.1. The Balaban J connectivity index is 2.15. The van der Waals surface area contributed by atoms with Gasteiger partial charge in [0.2, 0.25) is 5.91 Å². The van der Waals surface area contributed by atoms with Crippen molar-refractivity contribution >= 4 is 5.91 Å². The van der Waals surface area contributed by atoms with Crippen LogP contribution >= 0.6 is 0 Å². The molecule has 0 aromatic carbocycles. The van der Waals surface area contributed by atoms with Gasteiger partial charge in [0, 0.05) is 19.3 Å². The van der Waals surface area contributed by atoms with E-state index in [1.165, 1.54) is 17.3 Å². The maximum absolute atomic E-state index is 11.8. The fraction of sp³-hybridized carbons (Fsp3) is 0.923. The fourth-order valence-electron chi connectivity index (χ4n) is 3.63. The van der Waals surface area contributed by atoms with E-state index in [4.69, 9.17) is 0 Å². The summed E-state index contributed by atoms with van der Waals surface area (Å²) in [6.45, 7) is 8.58. The Morgan fingerprint density at radius 2 is 1.81 bits per heavy atom. The van der Waals surface area contributed by atoms with Gasteiger partial charge in [0.05, 0.1) is 26.2 Å². The zero-order chi connectivity index (χ0) is 11.9. The first-order chi connectivity index (χ1) is 7.50. The van der Waals surface area contributed by atoms with Gasteiger partial charge in [0.1, 0.15) is 12.1 Å². The molecule has 2 fully saturated rings. The number of amides is 1. The molecule has 0 N–H and O–H groups in total. The van der Waals surface area contributed by atoms with Crippen LogP contribution in [0.15, 0.2) is 0 Å². The lowest BCUT2D eigenvalue weighted by Crippen LogP contribution is -2.67. The van der Waals surface area contributed by atoms with Crippen molar-refractivity contribution in [2.24, 2.45) is 0 Å². The molecule has 16 heavy (non-hydrogen) atoms. The first-order valence-corrected chi connectivity index (χ1v) is 6.63. The summed E-state index contributed by atoms with van der Waals surface area (Å²) >= 11 is 0. The van der Waals surface area contributed by atoms with Crippen molar-refractivity contribution in [3.05, 3.63) is 0 Å². The van der Waals surface area contributed by atoms with Crippen LogP contribution in [0.25, 0.3) is 0 Å². The van der Waals surface area contributed by atoms with Crippen molar-refractivity contribution in [2.75, 3.05) is 20.1 Å². The van der Waals surface area contributed by atoms with Crippen LogP contribution in [0, 0.1) is 0 Å². The lowest BCUT2D eigenvalue weighted by molar-refractivity contribution is -0.966. The van der Waals surface area contributed by atoms with E-state index in [1.54, 1.807) is 0 Å². The van der Waals surface area contributed by atoms with Gasteiger partial charge in [-0.1, -0.05) is 6.92 Å². The van der Waals surface area contributed by atoms with Crippen LogP contribution in [-0.2, 0) is 4.79 Å². The van der Waals surface area contributed by atoms with Crippen LogP contribution < -0.4 is 0 Å². The lowest BCUT2D eigenvalue weighted by atomic mass is 10.1. The number of likely N-dealkylation sites (tertiary alicyclic amines) is 1. The molecule has 3 nitrogen and oxygen atoms in total. The SMILES string of the molecule is CCC(=O)N1CC2CCC(C1)[N+]2(C)C(C)C. The van der Waals surface area contributed by atoms with Gasteiger partial charge < -0.3 is 9.38 Å². The summed E-state index contributed by atoms with van der Waals surface area (Å²) in [5.74, 6) is 0.340. The number of carbonyl (C=O) groups is 1. The quantitative estimate of drug-likeness (QED) is 0.654. The third-order valence-electron chi connectivity index (χ3n) is 5.04. The molecule has 0 aromatic heterocycles. The van der Waals surface area contributed by atoms with Gasteiger partial charge in [0.25, 0.3) is 0 Å². The molecular weight excluding hydrogens is 200 g/mol. The second-order valence-corrected chi connectivity index (χ2v) is 5.85. The minimum Gasteiger partial charge on any atom is -0.331 e. The molecule has 2 heterocycles. The summed E-state index contributed by atoms with van der Waals surface area (Å²) < 4.78 is 1.19. The number of piperazine rings is 1. The topological polar surface area (TPSA) is 20.3 Å². The normalized spacial score (nSPS) is 38.2. The Kier molecular flexibility index (Phi) is 2.99. The number of fused-ring (bicyclic) bond motifs is 2. The molecule has 2 bridgehead atoms. The maximum atomic E-state index is 11.8. The Morgan fingerprint density at radius 3 is 2.19 bits per heavy atom. The van der Waals surface area contributed by atoms with E-state index in [0.29, 0.717) is 30.5 Å². The molecule has 92 valence electrons. The molecule has 2 atom stereocenters. The average molecular weight is 225 g/mol. The average Bonchev–Trinajstić information content (AvgIpc) is 2.48. The van der Waals surface area contributed by atoms with Crippen LogP contribution in [0.2, 0.25) is 0 Å². The molecule has 2 unspecified atom stereocenters. The summed E-state index contributed by atoms with van der Waals surface area (Å²) in [7, 11) is 2.39. The third kappa shape index (κ3) is 1.56. The molecule has 2 aliphatic rings. The van der Waals surface area contributed by atoms with Gasteiger partial charge in [-0.3, -0.25) is 4.79 Å². The number of nitrogens with zero attached hydrogens (tertiary/aromatic N) is 2. The molecule has 0 aliphatic carbocycles. The summed E-state index contributed by atoms with van der Waals surface area (Å²) in [5.41, 5.74) is 0. The second-order valence-electron chi connectivity index (χ2n) is 5.85. The minimum absolute atomic E-state index is 0.340. The molecule has 2 rings (SSSR count). The standard InChI is InChI=1S/C13H25N2O/c1-5-13(16)14-8-11-6-7-12(9-14)15(11,4)10(2)3/h10-12H,5-9H2,1-4H3/q+1. The van der Waals surface area contributed by atoms with Crippen molar-refractivity contribution in [2.45, 2.75) is 58.2 Å². The summed E-state index contributed by atoms with van der Waals surface area (Å²) in [4.78, 5) is 13.9. The molecule has 0 aromatic rings. The Hall–Kier alpha value is -0.570. The first-order valence-electron chi connectivity index (χ1n) is 6.63. The van der Waals surface area contributed by atoms with Gasteiger partial charge in [-0.25, -0.2) is 0 Å². The van der Waals surface area contributed by atoms with Gasteiger partial charge in [-0.2, -0.15) is 0 Å². The highest BCUT2D eigenvalue weighted by Crippen LogP contribution is 2.38. The van der Waals surface area contributed by atoms with Crippen molar-refractivity contribution in [3.63, 3.8) is 0 Å². The smallest absolute Gasteiger partial charge is 0.222 e. The second kappa shape index (κ2) is 4.02. The largest absolute Gasteiger partial charge is 0.331 e. The first kappa shape index (κ1) is 11.9. The van der Waals surface area contributed by atoms with Gasteiger partial charge >= 0.3 is 0 Å². The van der Waals surface area contributed by atoms with E-state index in [0.717, 1.165) is 13.1 Å². The molecule has 0 saturated carbocycles. The monoisotopic (exact) mass is 225 g/mol. The van der Waals surface area contributed by atoms with Crippen molar-refractivity contribution < 1.29 is 9.28 Å². The summed E-state index contributed by atoms with van der Waals surface area (Å²) in [6.07, 6.45) is 3.25. The zero-order valence-corrected chi connectivity index (χ0v) is 11.1. The number of hydrogen-bond acceptors (Lipinski definition) is 1. The van der Waals surface area contributed by atoms with E-state index in [2.05, 4.69) is 25.8 Å². The molecule has 0 spiro atoms. The van der Waals surface area contributed by atoms with E-state index in [-0.39, 0.29) is 0 Å². The summed E-state index contributed by atoms with van der Waals surface area (Å²) in [6, 6.07) is 2.03. The molecule has 0 radical (unpaired) electrons. The van der Waals surface area contributed by atoms with Crippen molar-refractivity contribution in [1.29, 1.82) is 0 Å². The summed E-state index contributed by atoms with van der Waals surface area (Å²) in [5, 5.41) is 0. The van der Waals surface area contributed by atoms with Crippen LogP contribution in [0.1, 0.15) is 40.0 Å². The number of carbonyl (C=O) groups excluding carboxylic acids is 1.